The van der Waals surface area contributed by atoms with Gasteiger partial charge in [0.2, 0.25) is 5.91 Å². The summed E-state index contributed by atoms with van der Waals surface area (Å²) < 4.78 is 7.97. The van der Waals surface area contributed by atoms with Crippen LogP contribution in [0.4, 0.5) is 0 Å². The summed E-state index contributed by atoms with van der Waals surface area (Å²) in [4.78, 5) is 39.4. The number of fused-ring (bicyclic) bond motifs is 1. The summed E-state index contributed by atoms with van der Waals surface area (Å²) in [5.74, 6) is -0.779. The molecule has 1 atom stereocenters. The molecule has 1 fully saturated rings. The van der Waals surface area contributed by atoms with Crippen molar-refractivity contribution in [3.8, 4) is 11.3 Å². The first kappa shape index (κ1) is 21.1. The lowest BCUT2D eigenvalue weighted by atomic mass is 9.98. The average Bonchev–Trinajstić information content (AvgIpc) is 3.21. The number of halogens is 1. The highest BCUT2D eigenvalue weighted by Crippen LogP contribution is 2.21. The minimum atomic E-state index is -0.311. The second-order valence-corrected chi connectivity index (χ2v) is 7.96. The van der Waals surface area contributed by atoms with E-state index in [-0.39, 0.29) is 29.9 Å². The summed E-state index contributed by atoms with van der Waals surface area (Å²) in [5.41, 5.74) is 1.56. The first-order valence-corrected chi connectivity index (χ1v) is 10.6. The van der Waals surface area contributed by atoms with Gasteiger partial charge >= 0.3 is 5.97 Å². The molecule has 1 aromatic carbocycles. The Bertz CT molecular complexity index is 1170. The molecule has 31 heavy (non-hydrogen) atoms. The number of rotatable bonds is 5. The van der Waals surface area contributed by atoms with Crippen molar-refractivity contribution in [2.24, 2.45) is 5.92 Å². The van der Waals surface area contributed by atoms with Crippen molar-refractivity contribution >= 4 is 29.0 Å². The number of benzene rings is 1. The Kier molecular flexibility index (Phi) is 6.08. The molecule has 162 valence electrons. The van der Waals surface area contributed by atoms with Crippen LogP contribution in [0, 0.1) is 5.92 Å². The van der Waals surface area contributed by atoms with Gasteiger partial charge in [0, 0.05) is 36.1 Å². The molecule has 2 aromatic heterocycles. The highest BCUT2D eigenvalue weighted by atomic mass is 35.5. The molecule has 0 saturated carbocycles. The number of carbonyl (C=O) groups excluding carboxylic acids is 2. The van der Waals surface area contributed by atoms with Crippen molar-refractivity contribution in [3.05, 3.63) is 58.1 Å². The van der Waals surface area contributed by atoms with Crippen LogP contribution in [0.2, 0.25) is 5.02 Å². The molecule has 3 heterocycles. The van der Waals surface area contributed by atoms with E-state index >= 15 is 0 Å². The molecule has 1 aliphatic rings. The summed E-state index contributed by atoms with van der Waals surface area (Å²) in [5, 5.41) is 5.07. The summed E-state index contributed by atoms with van der Waals surface area (Å²) in [6, 6.07) is 8.90. The number of piperidine rings is 1. The van der Waals surface area contributed by atoms with E-state index in [9.17, 15) is 14.4 Å². The fourth-order valence-electron chi connectivity index (χ4n) is 3.81. The molecule has 1 unspecified atom stereocenters. The minimum Gasteiger partial charge on any atom is -0.466 e. The molecule has 0 bridgehead atoms. The SMILES string of the molecule is CCOC(=O)C1CCCN(C(=O)Cn2ccn3nc(-c4ccc(Cl)cc4)cc3c2=O)C1. The van der Waals surface area contributed by atoms with Gasteiger partial charge in [-0.25, -0.2) is 4.52 Å². The number of nitrogens with zero attached hydrogens (tertiary/aromatic N) is 4. The normalized spacial score (nSPS) is 16.5. The van der Waals surface area contributed by atoms with Crippen molar-refractivity contribution in [1.82, 2.24) is 19.1 Å². The minimum absolute atomic E-state index is 0.0909. The smallest absolute Gasteiger partial charge is 0.310 e. The van der Waals surface area contributed by atoms with Gasteiger partial charge in [-0.3, -0.25) is 14.4 Å². The van der Waals surface area contributed by atoms with Crippen LogP contribution >= 0.6 is 11.6 Å². The number of ether oxygens (including phenoxy) is 1. The van der Waals surface area contributed by atoms with Gasteiger partial charge in [-0.2, -0.15) is 5.10 Å². The molecule has 0 radical (unpaired) electrons. The van der Waals surface area contributed by atoms with Crippen LogP contribution in [0.1, 0.15) is 19.8 Å². The molecular formula is C22H23ClN4O4. The lowest BCUT2D eigenvalue weighted by molar-refractivity contribution is -0.151. The Balaban J connectivity index is 1.52. The number of hydrogen-bond acceptors (Lipinski definition) is 5. The number of amides is 1. The van der Waals surface area contributed by atoms with E-state index in [4.69, 9.17) is 16.3 Å². The predicted molar refractivity (Wildman–Crippen MR) is 116 cm³/mol. The summed E-state index contributed by atoms with van der Waals surface area (Å²) in [7, 11) is 0. The summed E-state index contributed by atoms with van der Waals surface area (Å²) in [6.45, 7) is 2.89. The highest BCUT2D eigenvalue weighted by molar-refractivity contribution is 6.30. The summed E-state index contributed by atoms with van der Waals surface area (Å²) in [6.07, 6.45) is 4.65. The Hall–Kier alpha value is -3.13. The van der Waals surface area contributed by atoms with Crippen LogP contribution in [-0.2, 0) is 20.9 Å². The first-order valence-electron chi connectivity index (χ1n) is 10.3. The maximum absolute atomic E-state index is 12.9. The highest BCUT2D eigenvalue weighted by Gasteiger charge is 2.29. The van der Waals surface area contributed by atoms with Gasteiger partial charge in [0.05, 0.1) is 18.2 Å². The van der Waals surface area contributed by atoms with Crippen molar-refractivity contribution in [2.45, 2.75) is 26.3 Å². The predicted octanol–water partition coefficient (Wildman–Crippen LogP) is 2.62. The van der Waals surface area contributed by atoms with Gasteiger partial charge in [-0.05, 0) is 38.0 Å². The topological polar surface area (TPSA) is 85.9 Å². The zero-order valence-corrected chi connectivity index (χ0v) is 17.9. The van der Waals surface area contributed by atoms with Gasteiger partial charge in [0.1, 0.15) is 12.1 Å². The Labute approximate surface area is 184 Å². The van der Waals surface area contributed by atoms with Crippen molar-refractivity contribution in [1.29, 1.82) is 0 Å². The van der Waals surface area contributed by atoms with Gasteiger partial charge in [0.25, 0.3) is 5.56 Å². The van der Waals surface area contributed by atoms with E-state index in [1.807, 2.05) is 12.1 Å². The van der Waals surface area contributed by atoms with Gasteiger partial charge in [-0.15, -0.1) is 0 Å². The number of aromatic nitrogens is 3. The second-order valence-electron chi connectivity index (χ2n) is 7.53. The molecule has 3 aromatic rings. The van der Waals surface area contributed by atoms with Crippen LogP contribution in [0.15, 0.2) is 47.5 Å². The van der Waals surface area contributed by atoms with Crippen LogP contribution in [0.3, 0.4) is 0 Å². The monoisotopic (exact) mass is 442 g/mol. The third-order valence-corrected chi connectivity index (χ3v) is 5.70. The van der Waals surface area contributed by atoms with E-state index in [2.05, 4.69) is 5.10 Å². The maximum Gasteiger partial charge on any atom is 0.310 e. The molecule has 0 aliphatic carbocycles. The van der Waals surface area contributed by atoms with E-state index in [0.29, 0.717) is 42.4 Å². The van der Waals surface area contributed by atoms with Crippen LogP contribution in [0.25, 0.3) is 16.8 Å². The van der Waals surface area contributed by atoms with Gasteiger partial charge in [0.15, 0.2) is 0 Å². The van der Waals surface area contributed by atoms with Gasteiger partial charge in [-0.1, -0.05) is 23.7 Å². The van der Waals surface area contributed by atoms with Crippen LogP contribution in [-0.4, -0.2) is 50.7 Å². The molecule has 1 aliphatic heterocycles. The van der Waals surface area contributed by atoms with Crippen molar-refractivity contribution in [2.75, 3.05) is 19.7 Å². The molecule has 8 nitrogen and oxygen atoms in total. The standard InChI is InChI=1S/C22H23ClN4O4/c1-2-31-22(30)16-4-3-9-25(13-16)20(28)14-26-10-11-27-19(21(26)29)12-18(24-27)15-5-7-17(23)8-6-15/h5-8,10-12,16H,2-4,9,13-14H2,1H3. The molecule has 0 spiro atoms. The van der Waals surface area contributed by atoms with Crippen LogP contribution < -0.4 is 5.56 Å². The van der Waals surface area contributed by atoms with E-state index in [1.54, 1.807) is 42.4 Å². The molecular weight excluding hydrogens is 420 g/mol. The first-order chi connectivity index (χ1) is 15.0. The number of esters is 1. The van der Waals surface area contributed by atoms with E-state index < -0.39 is 0 Å². The largest absolute Gasteiger partial charge is 0.466 e. The number of carbonyl (C=O) groups is 2. The molecule has 9 heteroatoms. The summed E-state index contributed by atoms with van der Waals surface area (Å²) >= 11 is 5.94. The third kappa shape index (κ3) is 4.49. The fraction of sp³-hybridized carbons (Fsp3) is 0.364. The van der Waals surface area contributed by atoms with E-state index in [0.717, 1.165) is 12.0 Å². The average molecular weight is 443 g/mol. The molecule has 4 rings (SSSR count). The quantitative estimate of drug-likeness (QED) is 0.567. The molecule has 1 amide bonds. The number of hydrogen-bond donors (Lipinski definition) is 0. The lowest BCUT2D eigenvalue weighted by Crippen LogP contribution is -2.45. The Morgan fingerprint density at radius 1 is 1.23 bits per heavy atom. The fourth-order valence-corrected chi connectivity index (χ4v) is 3.94. The number of likely N-dealkylation sites (tertiary alicyclic amines) is 1. The lowest BCUT2D eigenvalue weighted by Gasteiger charge is -2.31. The maximum atomic E-state index is 12.9. The zero-order chi connectivity index (χ0) is 22.0. The third-order valence-electron chi connectivity index (χ3n) is 5.44. The molecule has 1 saturated heterocycles. The Morgan fingerprint density at radius 2 is 2.00 bits per heavy atom. The molecule has 0 N–H and O–H groups in total. The van der Waals surface area contributed by atoms with Gasteiger partial charge < -0.3 is 14.2 Å². The second kappa shape index (κ2) is 8.93. The zero-order valence-electron chi connectivity index (χ0n) is 17.2. The van der Waals surface area contributed by atoms with Crippen molar-refractivity contribution < 1.29 is 14.3 Å². The van der Waals surface area contributed by atoms with E-state index in [1.165, 1.54) is 9.08 Å². The van der Waals surface area contributed by atoms with Crippen LogP contribution in [0.5, 0.6) is 0 Å². The van der Waals surface area contributed by atoms with Crippen molar-refractivity contribution in [3.63, 3.8) is 0 Å². The Morgan fingerprint density at radius 3 is 2.74 bits per heavy atom.